The van der Waals surface area contributed by atoms with E-state index >= 15 is 0 Å². The van der Waals surface area contributed by atoms with Gasteiger partial charge in [0.15, 0.2) is 0 Å². The Morgan fingerprint density at radius 2 is 1.19 bits per heavy atom. The highest BCUT2D eigenvalue weighted by molar-refractivity contribution is 6.14. The van der Waals surface area contributed by atoms with E-state index in [1.54, 1.807) is 38.1 Å². The molecule has 0 bridgehead atoms. The van der Waals surface area contributed by atoms with Crippen LogP contribution in [0.3, 0.4) is 0 Å². The minimum Gasteiger partial charge on any atom is -0.325 e. The van der Waals surface area contributed by atoms with E-state index in [4.69, 9.17) is 5.26 Å². The second-order valence-electron chi connectivity index (χ2n) is 8.05. The Balaban J connectivity index is 2.06. The van der Waals surface area contributed by atoms with Gasteiger partial charge < -0.3 is 10.6 Å². The topological polar surface area (TPSA) is 82.0 Å². The minimum atomic E-state index is -1.27. The van der Waals surface area contributed by atoms with Crippen molar-refractivity contribution in [3.63, 3.8) is 0 Å². The molecule has 2 N–H and O–H groups in total. The molecule has 0 saturated heterocycles. The third-order valence-electron chi connectivity index (χ3n) is 4.42. The van der Waals surface area contributed by atoms with Gasteiger partial charge in [0.05, 0.1) is 11.6 Å². The molecular formula is C22H25N3O2. The van der Waals surface area contributed by atoms with Crippen LogP contribution in [0.4, 0.5) is 11.4 Å². The molecule has 0 unspecified atom stereocenters. The predicted octanol–water partition coefficient (Wildman–Crippen LogP) is 4.46. The number of hydrogen-bond donors (Lipinski definition) is 2. The first-order valence-electron chi connectivity index (χ1n) is 8.77. The fourth-order valence-electron chi connectivity index (χ4n) is 2.36. The number of hydrogen-bond acceptors (Lipinski definition) is 3. The van der Waals surface area contributed by atoms with Gasteiger partial charge in [-0.15, -0.1) is 0 Å². The number of nitriles is 1. The van der Waals surface area contributed by atoms with Crippen molar-refractivity contribution >= 4 is 23.2 Å². The molecule has 0 fully saturated rings. The average Bonchev–Trinajstić information content (AvgIpc) is 2.62. The van der Waals surface area contributed by atoms with Crippen LogP contribution >= 0.6 is 0 Å². The standard InChI is InChI=1S/C22H25N3O2/c1-21(2,3)16-8-12-18(13-9-16)25-20(27)22(4,5)19(26)24-17-10-6-15(14-23)7-11-17/h6-13H,1-5H3,(H,24,26)(H,25,27). The van der Waals surface area contributed by atoms with E-state index < -0.39 is 17.2 Å². The van der Waals surface area contributed by atoms with Crippen molar-refractivity contribution in [3.8, 4) is 6.07 Å². The monoisotopic (exact) mass is 363 g/mol. The third kappa shape index (κ3) is 4.95. The summed E-state index contributed by atoms with van der Waals surface area (Å²) in [6, 6.07) is 16.1. The Morgan fingerprint density at radius 1 is 0.778 bits per heavy atom. The highest BCUT2D eigenvalue weighted by Gasteiger charge is 2.36. The average molecular weight is 363 g/mol. The van der Waals surface area contributed by atoms with E-state index in [9.17, 15) is 9.59 Å². The molecule has 2 aromatic carbocycles. The minimum absolute atomic E-state index is 0.0305. The highest BCUT2D eigenvalue weighted by atomic mass is 16.2. The lowest BCUT2D eigenvalue weighted by Gasteiger charge is -2.23. The molecule has 27 heavy (non-hydrogen) atoms. The molecule has 0 heterocycles. The van der Waals surface area contributed by atoms with Crippen LogP contribution in [0, 0.1) is 16.7 Å². The number of carbonyl (C=O) groups excluding carboxylic acids is 2. The first-order chi connectivity index (χ1) is 12.5. The second-order valence-corrected chi connectivity index (χ2v) is 8.05. The first-order valence-corrected chi connectivity index (χ1v) is 8.77. The predicted molar refractivity (Wildman–Crippen MR) is 107 cm³/mol. The molecule has 5 nitrogen and oxygen atoms in total. The Morgan fingerprint density at radius 3 is 1.56 bits per heavy atom. The van der Waals surface area contributed by atoms with Crippen LogP contribution in [0.15, 0.2) is 48.5 Å². The molecule has 140 valence electrons. The number of amides is 2. The molecule has 2 rings (SSSR count). The van der Waals surface area contributed by atoms with Gasteiger partial charge in [-0.2, -0.15) is 5.26 Å². The van der Waals surface area contributed by atoms with E-state index in [-0.39, 0.29) is 5.41 Å². The van der Waals surface area contributed by atoms with E-state index in [0.29, 0.717) is 16.9 Å². The summed E-state index contributed by atoms with van der Waals surface area (Å²) in [6.45, 7) is 9.52. The van der Waals surface area contributed by atoms with Crippen molar-refractivity contribution in [3.05, 3.63) is 59.7 Å². The lowest BCUT2D eigenvalue weighted by Crippen LogP contribution is -2.41. The first kappa shape index (κ1) is 20.2. The zero-order valence-corrected chi connectivity index (χ0v) is 16.4. The molecule has 2 aromatic rings. The Bertz CT molecular complexity index is 868. The molecule has 2 amide bonds. The van der Waals surface area contributed by atoms with Crippen LogP contribution in [-0.4, -0.2) is 11.8 Å². The molecule has 0 atom stereocenters. The second kappa shape index (κ2) is 7.63. The number of nitrogens with zero attached hydrogens (tertiary/aromatic N) is 1. The van der Waals surface area contributed by atoms with Crippen LogP contribution < -0.4 is 10.6 Å². The number of nitrogens with one attached hydrogen (secondary N) is 2. The summed E-state index contributed by atoms with van der Waals surface area (Å²) < 4.78 is 0. The van der Waals surface area contributed by atoms with E-state index in [0.717, 1.165) is 0 Å². The van der Waals surface area contributed by atoms with Gasteiger partial charge in [0.2, 0.25) is 11.8 Å². The van der Waals surface area contributed by atoms with Crippen LogP contribution in [0.25, 0.3) is 0 Å². The van der Waals surface area contributed by atoms with Crippen molar-refractivity contribution < 1.29 is 9.59 Å². The van der Waals surface area contributed by atoms with Crippen LogP contribution in [0.2, 0.25) is 0 Å². The quantitative estimate of drug-likeness (QED) is 0.787. The summed E-state index contributed by atoms with van der Waals surface area (Å²) in [5.74, 6) is -0.812. The fourth-order valence-corrected chi connectivity index (χ4v) is 2.36. The van der Waals surface area contributed by atoms with Gasteiger partial charge in [0, 0.05) is 11.4 Å². The summed E-state index contributed by atoms with van der Waals surface area (Å²) in [5.41, 5.74) is 1.61. The van der Waals surface area contributed by atoms with Gasteiger partial charge in [0.1, 0.15) is 5.41 Å². The van der Waals surface area contributed by atoms with E-state index in [1.807, 2.05) is 30.3 Å². The van der Waals surface area contributed by atoms with Gasteiger partial charge in [-0.3, -0.25) is 9.59 Å². The maximum atomic E-state index is 12.6. The number of rotatable bonds is 4. The van der Waals surface area contributed by atoms with Gasteiger partial charge in [-0.05, 0) is 61.2 Å². The SMILES string of the molecule is CC(C)(C(=O)Nc1ccc(C#N)cc1)C(=O)Nc1ccc(C(C)(C)C)cc1. The Kier molecular flexibility index (Phi) is 5.70. The maximum absolute atomic E-state index is 12.6. The summed E-state index contributed by atoms with van der Waals surface area (Å²) >= 11 is 0. The van der Waals surface area contributed by atoms with Gasteiger partial charge in [-0.25, -0.2) is 0 Å². The summed E-state index contributed by atoms with van der Waals surface area (Å²) in [5, 5.41) is 14.3. The zero-order chi connectivity index (χ0) is 20.2. The third-order valence-corrected chi connectivity index (χ3v) is 4.42. The molecule has 0 spiro atoms. The van der Waals surface area contributed by atoms with Gasteiger partial charge in [0.25, 0.3) is 0 Å². The van der Waals surface area contributed by atoms with Gasteiger partial charge >= 0.3 is 0 Å². The molecule has 0 aliphatic rings. The molecule has 0 saturated carbocycles. The normalized spacial score (nSPS) is 11.4. The number of anilines is 2. The van der Waals surface area contributed by atoms with Crippen molar-refractivity contribution in [1.82, 2.24) is 0 Å². The van der Waals surface area contributed by atoms with Crippen molar-refractivity contribution in [2.24, 2.45) is 5.41 Å². The lowest BCUT2D eigenvalue weighted by molar-refractivity contribution is -0.135. The molecule has 0 aromatic heterocycles. The molecule has 0 radical (unpaired) electrons. The lowest BCUT2D eigenvalue weighted by atomic mass is 9.87. The summed E-state index contributed by atoms with van der Waals surface area (Å²) in [4.78, 5) is 25.2. The molecule has 0 aliphatic carbocycles. The maximum Gasteiger partial charge on any atom is 0.239 e. The Labute approximate surface area is 160 Å². The smallest absolute Gasteiger partial charge is 0.239 e. The fraction of sp³-hybridized carbons (Fsp3) is 0.318. The highest BCUT2D eigenvalue weighted by Crippen LogP contribution is 2.25. The number of benzene rings is 2. The Hall–Kier alpha value is -3.13. The van der Waals surface area contributed by atoms with Crippen molar-refractivity contribution in [2.45, 2.75) is 40.0 Å². The van der Waals surface area contributed by atoms with Crippen molar-refractivity contribution in [2.75, 3.05) is 10.6 Å². The van der Waals surface area contributed by atoms with Crippen LogP contribution in [0.5, 0.6) is 0 Å². The number of carbonyl (C=O) groups is 2. The van der Waals surface area contributed by atoms with Crippen molar-refractivity contribution in [1.29, 1.82) is 5.26 Å². The summed E-state index contributed by atoms with van der Waals surface area (Å²) in [6.07, 6.45) is 0. The molecular weight excluding hydrogens is 338 g/mol. The zero-order valence-electron chi connectivity index (χ0n) is 16.4. The molecule has 5 heteroatoms. The van der Waals surface area contributed by atoms with E-state index in [2.05, 4.69) is 31.4 Å². The van der Waals surface area contributed by atoms with Crippen LogP contribution in [0.1, 0.15) is 45.7 Å². The molecule has 0 aliphatic heterocycles. The largest absolute Gasteiger partial charge is 0.325 e. The van der Waals surface area contributed by atoms with Crippen LogP contribution in [-0.2, 0) is 15.0 Å². The summed E-state index contributed by atoms with van der Waals surface area (Å²) in [7, 11) is 0. The van der Waals surface area contributed by atoms with E-state index in [1.165, 1.54) is 5.56 Å². The van der Waals surface area contributed by atoms with Gasteiger partial charge in [-0.1, -0.05) is 32.9 Å².